The van der Waals surface area contributed by atoms with Crippen molar-refractivity contribution < 1.29 is 4.79 Å². The molecule has 5 nitrogen and oxygen atoms in total. The molecule has 1 saturated carbocycles. The molecular weight excluding hydrogens is 392 g/mol. The quantitative estimate of drug-likeness (QED) is 0.588. The monoisotopic (exact) mass is 418 g/mol. The highest BCUT2D eigenvalue weighted by Gasteiger charge is 2.34. The maximum Gasteiger partial charge on any atom is 0.243 e. The maximum absolute atomic E-state index is 12.6. The van der Waals surface area contributed by atoms with Gasteiger partial charge in [0, 0.05) is 12.1 Å². The number of aromatic nitrogens is 1. The van der Waals surface area contributed by atoms with Crippen LogP contribution < -0.4 is 10.6 Å². The lowest BCUT2D eigenvalue weighted by Gasteiger charge is -2.32. The van der Waals surface area contributed by atoms with Gasteiger partial charge >= 0.3 is 0 Å². The number of amides is 1. The van der Waals surface area contributed by atoms with E-state index in [4.69, 9.17) is 4.98 Å². The Kier molecular flexibility index (Phi) is 6.01. The second kappa shape index (κ2) is 8.85. The maximum atomic E-state index is 12.6. The summed E-state index contributed by atoms with van der Waals surface area (Å²) in [6, 6.07) is 18.2. The van der Waals surface area contributed by atoms with Gasteiger partial charge in [-0.05, 0) is 49.6 Å². The predicted octanol–water partition coefficient (Wildman–Crippen LogP) is 5.03. The number of hydrogen-bond donors (Lipinski definition) is 2. The van der Waals surface area contributed by atoms with E-state index < -0.39 is 11.6 Å². The van der Waals surface area contributed by atoms with Crippen molar-refractivity contribution in [3.05, 3.63) is 59.1 Å². The Morgan fingerprint density at radius 2 is 1.90 bits per heavy atom. The third-order valence-corrected chi connectivity index (χ3v) is 6.74. The van der Waals surface area contributed by atoms with Crippen molar-refractivity contribution in [2.75, 3.05) is 5.32 Å². The van der Waals surface area contributed by atoms with Crippen molar-refractivity contribution in [1.82, 2.24) is 10.3 Å². The lowest BCUT2D eigenvalue weighted by Crippen LogP contribution is -2.52. The molecule has 0 radical (unpaired) electrons. The Labute approximate surface area is 181 Å². The molecule has 3 aromatic rings. The molecule has 1 aliphatic carbocycles. The molecule has 1 aromatic heterocycles. The second-order valence-corrected chi connectivity index (χ2v) is 9.17. The van der Waals surface area contributed by atoms with Gasteiger partial charge in [-0.3, -0.25) is 4.79 Å². The van der Waals surface area contributed by atoms with Crippen molar-refractivity contribution >= 4 is 33.1 Å². The van der Waals surface area contributed by atoms with E-state index in [-0.39, 0.29) is 5.91 Å². The first kappa shape index (κ1) is 20.4. The molecule has 1 heterocycles. The Hall–Kier alpha value is -2.91. The fourth-order valence-electron chi connectivity index (χ4n) is 3.97. The number of carbonyl (C=O) groups excluding carboxylic acids is 1. The minimum absolute atomic E-state index is 0.128. The van der Waals surface area contributed by atoms with Gasteiger partial charge in [-0.15, -0.1) is 11.3 Å². The van der Waals surface area contributed by atoms with Gasteiger partial charge in [0.05, 0.1) is 21.3 Å². The third-order valence-electron chi connectivity index (χ3n) is 5.71. The first-order valence-electron chi connectivity index (χ1n) is 10.5. The smallest absolute Gasteiger partial charge is 0.243 e. The van der Waals surface area contributed by atoms with E-state index in [0.717, 1.165) is 54.7 Å². The second-order valence-electron chi connectivity index (χ2n) is 8.06. The van der Waals surface area contributed by atoms with Gasteiger partial charge in [-0.25, -0.2) is 4.98 Å². The van der Waals surface area contributed by atoms with Crippen molar-refractivity contribution in [1.29, 1.82) is 5.26 Å². The third kappa shape index (κ3) is 4.63. The molecule has 1 atom stereocenters. The standard InChI is InChI=1S/C24H26N4OS/c1-17(23(29)28-24(16-25)13-5-2-6-14-24)26-19-11-9-18(10-12-19)15-22-27-20-7-3-4-8-21(20)30-22/h3-4,7-12,17,26H,2,5-6,13-15H2,1H3,(H,28,29)/t17-/m0/s1. The molecule has 1 fully saturated rings. The Bertz CT molecular complexity index is 1030. The van der Waals surface area contributed by atoms with Crippen LogP contribution in [0.2, 0.25) is 0 Å². The molecule has 0 unspecified atom stereocenters. The molecule has 6 heteroatoms. The number of nitrogens with one attached hydrogen (secondary N) is 2. The molecule has 1 amide bonds. The van der Waals surface area contributed by atoms with Crippen LogP contribution in [0.5, 0.6) is 0 Å². The highest BCUT2D eigenvalue weighted by molar-refractivity contribution is 7.18. The van der Waals surface area contributed by atoms with Crippen molar-refractivity contribution in [3.63, 3.8) is 0 Å². The zero-order valence-corrected chi connectivity index (χ0v) is 18.0. The summed E-state index contributed by atoms with van der Waals surface area (Å²) in [5, 5.41) is 16.9. The van der Waals surface area contributed by atoms with Gasteiger partial charge in [0.1, 0.15) is 11.6 Å². The number of para-hydroxylation sites is 1. The molecule has 0 spiro atoms. The van der Waals surface area contributed by atoms with Gasteiger partial charge in [0.15, 0.2) is 0 Å². The number of thiazole rings is 1. The summed E-state index contributed by atoms with van der Waals surface area (Å²) in [7, 11) is 0. The number of rotatable bonds is 6. The van der Waals surface area contributed by atoms with Crippen LogP contribution in [0.3, 0.4) is 0 Å². The van der Waals surface area contributed by atoms with Crippen LogP contribution in [0.15, 0.2) is 48.5 Å². The van der Waals surface area contributed by atoms with E-state index in [1.165, 1.54) is 10.3 Å². The summed E-state index contributed by atoms with van der Waals surface area (Å²) in [5.74, 6) is -0.128. The summed E-state index contributed by atoms with van der Waals surface area (Å²) in [6.07, 6.45) is 5.39. The van der Waals surface area contributed by atoms with Gasteiger partial charge in [-0.2, -0.15) is 5.26 Å². The zero-order chi connectivity index (χ0) is 21.0. The van der Waals surface area contributed by atoms with Crippen molar-refractivity contribution in [2.24, 2.45) is 0 Å². The summed E-state index contributed by atoms with van der Waals surface area (Å²) >= 11 is 1.72. The van der Waals surface area contributed by atoms with E-state index in [0.29, 0.717) is 0 Å². The molecule has 2 N–H and O–H groups in total. The lowest BCUT2D eigenvalue weighted by molar-refractivity contribution is -0.123. The van der Waals surface area contributed by atoms with Gasteiger partial charge < -0.3 is 10.6 Å². The normalized spacial score (nSPS) is 16.5. The first-order valence-corrected chi connectivity index (χ1v) is 11.3. The topological polar surface area (TPSA) is 77.8 Å². The van der Waals surface area contributed by atoms with Crippen LogP contribution in [0.1, 0.15) is 49.6 Å². The molecule has 2 aromatic carbocycles. The fraction of sp³-hybridized carbons (Fsp3) is 0.375. The summed E-state index contributed by atoms with van der Waals surface area (Å²) in [5.41, 5.74) is 2.42. The number of fused-ring (bicyclic) bond motifs is 1. The van der Waals surface area contributed by atoms with Crippen LogP contribution in [-0.4, -0.2) is 22.5 Å². The van der Waals surface area contributed by atoms with Gasteiger partial charge in [-0.1, -0.05) is 43.5 Å². The van der Waals surface area contributed by atoms with Crippen LogP contribution in [-0.2, 0) is 11.2 Å². The average Bonchev–Trinajstić information content (AvgIpc) is 3.18. The number of nitrogens with zero attached hydrogens (tertiary/aromatic N) is 2. The van der Waals surface area contributed by atoms with E-state index in [1.54, 1.807) is 11.3 Å². The van der Waals surface area contributed by atoms with E-state index in [9.17, 15) is 10.1 Å². The SMILES string of the molecule is C[C@H](Nc1ccc(Cc2nc3ccccc3s2)cc1)C(=O)NC1(C#N)CCCCC1. The van der Waals surface area contributed by atoms with E-state index in [1.807, 2.05) is 37.3 Å². The van der Waals surface area contributed by atoms with E-state index >= 15 is 0 Å². The van der Waals surface area contributed by atoms with Crippen LogP contribution in [0.4, 0.5) is 5.69 Å². The number of anilines is 1. The number of carbonyl (C=O) groups is 1. The molecule has 1 aliphatic rings. The van der Waals surface area contributed by atoms with Crippen molar-refractivity contribution in [2.45, 2.75) is 57.0 Å². The Morgan fingerprint density at radius 1 is 1.17 bits per heavy atom. The molecule has 0 saturated heterocycles. The largest absolute Gasteiger partial charge is 0.374 e. The molecular formula is C24H26N4OS. The lowest BCUT2D eigenvalue weighted by atomic mass is 9.82. The van der Waals surface area contributed by atoms with E-state index in [2.05, 4.69) is 34.9 Å². The molecule has 0 aliphatic heterocycles. The molecule has 154 valence electrons. The molecule has 4 rings (SSSR count). The number of hydrogen-bond acceptors (Lipinski definition) is 5. The highest BCUT2D eigenvalue weighted by atomic mass is 32.1. The van der Waals surface area contributed by atoms with Crippen LogP contribution in [0.25, 0.3) is 10.2 Å². The summed E-state index contributed by atoms with van der Waals surface area (Å²) in [6.45, 7) is 1.83. The fourth-order valence-corrected chi connectivity index (χ4v) is 4.97. The minimum atomic E-state index is -0.702. The minimum Gasteiger partial charge on any atom is -0.374 e. The predicted molar refractivity (Wildman–Crippen MR) is 122 cm³/mol. The highest BCUT2D eigenvalue weighted by Crippen LogP contribution is 2.28. The Morgan fingerprint density at radius 3 is 2.60 bits per heavy atom. The zero-order valence-electron chi connectivity index (χ0n) is 17.1. The first-order chi connectivity index (χ1) is 14.6. The van der Waals surface area contributed by atoms with Gasteiger partial charge in [0.2, 0.25) is 5.91 Å². The molecule has 0 bridgehead atoms. The van der Waals surface area contributed by atoms with Crippen LogP contribution >= 0.6 is 11.3 Å². The summed E-state index contributed by atoms with van der Waals surface area (Å²) in [4.78, 5) is 17.3. The average molecular weight is 419 g/mol. The van der Waals surface area contributed by atoms with Crippen LogP contribution in [0, 0.1) is 11.3 Å². The Balaban J connectivity index is 1.35. The summed E-state index contributed by atoms with van der Waals surface area (Å²) < 4.78 is 1.21. The number of benzene rings is 2. The number of nitriles is 1. The molecule has 30 heavy (non-hydrogen) atoms. The van der Waals surface area contributed by atoms with Gasteiger partial charge in [0.25, 0.3) is 0 Å². The van der Waals surface area contributed by atoms with Crippen molar-refractivity contribution in [3.8, 4) is 6.07 Å².